The van der Waals surface area contributed by atoms with Crippen molar-refractivity contribution in [2.75, 3.05) is 32.8 Å². The monoisotopic (exact) mass is 230 g/mol. The van der Waals surface area contributed by atoms with Crippen LogP contribution in [0.15, 0.2) is 0 Å². The Morgan fingerprint density at radius 3 is 3.06 bits per heavy atom. The molecular formula is C11H22N2O3. The first-order valence-corrected chi connectivity index (χ1v) is 5.93. The van der Waals surface area contributed by atoms with Crippen molar-refractivity contribution in [2.24, 2.45) is 0 Å². The van der Waals surface area contributed by atoms with Gasteiger partial charge in [0, 0.05) is 19.6 Å². The number of hydrogen-bond acceptors (Lipinski definition) is 4. The highest BCUT2D eigenvalue weighted by Gasteiger charge is 2.18. The number of ether oxygens (including phenoxy) is 2. The zero-order valence-electron chi connectivity index (χ0n) is 10.1. The van der Waals surface area contributed by atoms with Gasteiger partial charge >= 0.3 is 0 Å². The second kappa shape index (κ2) is 7.60. The fraction of sp³-hybridized carbons (Fsp3) is 0.909. The minimum Gasteiger partial charge on any atom is -0.370 e. The second-order valence-electron chi connectivity index (χ2n) is 4.09. The molecule has 16 heavy (non-hydrogen) atoms. The van der Waals surface area contributed by atoms with Crippen LogP contribution < -0.4 is 10.6 Å². The van der Waals surface area contributed by atoms with Gasteiger partial charge in [0.15, 0.2) is 0 Å². The Hall–Kier alpha value is -0.650. The summed E-state index contributed by atoms with van der Waals surface area (Å²) >= 11 is 0. The SMILES string of the molecule is CCCNC(=O)COCC1CNCC(C)O1. The third-order valence-corrected chi connectivity index (χ3v) is 2.34. The molecule has 2 unspecified atom stereocenters. The number of nitrogens with one attached hydrogen (secondary N) is 2. The van der Waals surface area contributed by atoms with Crippen LogP contribution >= 0.6 is 0 Å². The largest absolute Gasteiger partial charge is 0.370 e. The molecule has 1 heterocycles. The molecule has 5 nitrogen and oxygen atoms in total. The summed E-state index contributed by atoms with van der Waals surface area (Å²) in [6.07, 6.45) is 1.22. The lowest BCUT2D eigenvalue weighted by molar-refractivity contribution is -0.128. The highest BCUT2D eigenvalue weighted by Crippen LogP contribution is 2.03. The van der Waals surface area contributed by atoms with Gasteiger partial charge in [-0.2, -0.15) is 0 Å². The highest BCUT2D eigenvalue weighted by atomic mass is 16.5. The molecule has 1 rings (SSSR count). The van der Waals surface area contributed by atoms with Gasteiger partial charge in [-0.15, -0.1) is 0 Å². The van der Waals surface area contributed by atoms with E-state index in [1.165, 1.54) is 0 Å². The predicted octanol–water partition coefficient (Wildman–Crippen LogP) is -0.0939. The summed E-state index contributed by atoms with van der Waals surface area (Å²) in [5.41, 5.74) is 0. The molecule has 1 aliphatic rings. The Balaban J connectivity index is 2.03. The summed E-state index contributed by atoms with van der Waals surface area (Å²) in [5.74, 6) is -0.0568. The maximum Gasteiger partial charge on any atom is 0.245 e. The molecule has 1 aliphatic heterocycles. The molecule has 0 aromatic rings. The lowest BCUT2D eigenvalue weighted by Crippen LogP contribution is -2.45. The highest BCUT2D eigenvalue weighted by molar-refractivity contribution is 5.77. The molecule has 0 radical (unpaired) electrons. The summed E-state index contributed by atoms with van der Waals surface area (Å²) < 4.78 is 10.9. The Morgan fingerprint density at radius 2 is 2.38 bits per heavy atom. The number of carbonyl (C=O) groups excluding carboxylic acids is 1. The van der Waals surface area contributed by atoms with Crippen LogP contribution in [0, 0.1) is 0 Å². The zero-order valence-corrected chi connectivity index (χ0v) is 10.1. The van der Waals surface area contributed by atoms with Crippen molar-refractivity contribution in [3.05, 3.63) is 0 Å². The summed E-state index contributed by atoms with van der Waals surface area (Å²) in [6, 6.07) is 0. The molecule has 0 aromatic heterocycles. The summed E-state index contributed by atoms with van der Waals surface area (Å²) in [4.78, 5) is 11.2. The Morgan fingerprint density at radius 1 is 1.56 bits per heavy atom. The quantitative estimate of drug-likeness (QED) is 0.669. The van der Waals surface area contributed by atoms with Gasteiger partial charge in [-0.1, -0.05) is 6.92 Å². The lowest BCUT2D eigenvalue weighted by Gasteiger charge is -2.28. The van der Waals surface area contributed by atoms with E-state index >= 15 is 0 Å². The molecule has 1 amide bonds. The van der Waals surface area contributed by atoms with E-state index in [1.54, 1.807) is 0 Å². The van der Waals surface area contributed by atoms with Crippen molar-refractivity contribution < 1.29 is 14.3 Å². The number of amides is 1. The van der Waals surface area contributed by atoms with Crippen LogP contribution in [-0.2, 0) is 14.3 Å². The van der Waals surface area contributed by atoms with Gasteiger partial charge in [-0.05, 0) is 13.3 Å². The van der Waals surface area contributed by atoms with Crippen molar-refractivity contribution in [2.45, 2.75) is 32.5 Å². The van der Waals surface area contributed by atoms with Crippen LogP contribution in [-0.4, -0.2) is 51.0 Å². The number of rotatable bonds is 6. The lowest BCUT2D eigenvalue weighted by atomic mass is 10.2. The summed E-state index contributed by atoms with van der Waals surface area (Å²) in [5, 5.41) is 6.01. The second-order valence-corrected chi connectivity index (χ2v) is 4.09. The van der Waals surface area contributed by atoms with Crippen molar-refractivity contribution in [3.8, 4) is 0 Å². The molecule has 2 N–H and O–H groups in total. The van der Waals surface area contributed by atoms with E-state index in [2.05, 4.69) is 10.6 Å². The molecular weight excluding hydrogens is 208 g/mol. The molecule has 0 saturated carbocycles. The van der Waals surface area contributed by atoms with Crippen molar-refractivity contribution in [3.63, 3.8) is 0 Å². The number of hydrogen-bond donors (Lipinski definition) is 2. The zero-order chi connectivity index (χ0) is 11.8. The third kappa shape index (κ3) is 5.44. The van der Waals surface area contributed by atoms with Gasteiger partial charge in [0.2, 0.25) is 5.91 Å². The first kappa shape index (κ1) is 13.4. The molecule has 0 bridgehead atoms. The molecule has 5 heteroatoms. The molecule has 0 spiro atoms. The minimum absolute atomic E-state index is 0.0568. The van der Waals surface area contributed by atoms with E-state index in [9.17, 15) is 4.79 Å². The minimum atomic E-state index is -0.0568. The van der Waals surface area contributed by atoms with Gasteiger partial charge in [0.1, 0.15) is 6.61 Å². The molecule has 1 fully saturated rings. The number of carbonyl (C=O) groups is 1. The Kier molecular flexibility index (Phi) is 6.37. The van der Waals surface area contributed by atoms with Gasteiger partial charge in [-0.25, -0.2) is 0 Å². The van der Waals surface area contributed by atoms with E-state index in [-0.39, 0.29) is 24.7 Å². The fourth-order valence-electron chi connectivity index (χ4n) is 1.57. The normalized spacial score (nSPS) is 25.4. The van der Waals surface area contributed by atoms with Crippen LogP contribution in [0.2, 0.25) is 0 Å². The standard InChI is InChI=1S/C11H22N2O3/c1-3-4-13-11(14)8-15-7-10-6-12-5-9(2)16-10/h9-10,12H,3-8H2,1-2H3,(H,13,14). The van der Waals surface area contributed by atoms with E-state index < -0.39 is 0 Å². The van der Waals surface area contributed by atoms with Crippen LogP contribution in [0.3, 0.4) is 0 Å². The van der Waals surface area contributed by atoms with Crippen LogP contribution in [0.25, 0.3) is 0 Å². The maximum absolute atomic E-state index is 11.2. The molecule has 0 aromatic carbocycles. The maximum atomic E-state index is 11.2. The Labute approximate surface area is 96.9 Å². The predicted molar refractivity (Wildman–Crippen MR) is 61.3 cm³/mol. The van der Waals surface area contributed by atoms with Gasteiger partial charge in [0.25, 0.3) is 0 Å². The average Bonchev–Trinajstić information content (AvgIpc) is 2.26. The fourth-order valence-corrected chi connectivity index (χ4v) is 1.57. The topological polar surface area (TPSA) is 59.6 Å². The average molecular weight is 230 g/mol. The van der Waals surface area contributed by atoms with Crippen molar-refractivity contribution in [1.29, 1.82) is 0 Å². The van der Waals surface area contributed by atoms with Gasteiger partial charge in [-0.3, -0.25) is 4.79 Å². The van der Waals surface area contributed by atoms with E-state index in [0.29, 0.717) is 13.2 Å². The van der Waals surface area contributed by atoms with Crippen molar-refractivity contribution in [1.82, 2.24) is 10.6 Å². The molecule has 94 valence electrons. The third-order valence-electron chi connectivity index (χ3n) is 2.34. The first-order chi connectivity index (χ1) is 7.72. The van der Waals surface area contributed by atoms with E-state index in [0.717, 1.165) is 19.5 Å². The number of morpholine rings is 1. The van der Waals surface area contributed by atoms with E-state index in [1.807, 2.05) is 13.8 Å². The summed E-state index contributed by atoms with van der Waals surface area (Å²) in [7, 11) is 0. The van der Waals surface area contributed by atoms with Crippen LogP contribution in [0.4, 0.5) is 0 Å². The molecule has 0 aliphatic carbocycles. The summed E-state index contributed by atoms with van der Waals surface area (Å²) in [6.45, 7) is 7.01. The molecule has 1 saturated heterocycles. The van der Waals surface area contributed by atoms with Crippen molar-refractivity contribution >= 4 is 5.91 Å². The van der Waals surface area contributed by atoms with Gasteiger partial charge in [0.05, 0.1) is 18.8 Å². The van der Waals surface area contributed by atoms with Crippen LogP contribution in [0.5, 0.6) is 0 Å². The smallest absolute Gasteiger partial charge is 0.245 e. The van der Waals surface area contributed by atoms with E-state index in [4.69, 9.17) is 9.47 Å². The Bertz CT molecular complexity index is 211. The first-order valence-electron chi connectivity index (χ1n) is 5.93. The molecule has 2 atom stereocenters. The van der Waals surface area contributed by atoms with Crippen LogP contribution in [0.1, 0.15) is 20.3 Å². The van der Waals surface area contributed by atoms with Gasteiger partial charge < -0.3 is 20.1 Å².